The van der Waals surface area contributed by atoms with Gasteiger partial charge in [0.2, 0.25) is 5.91 Å². The van der Waals surface area contributed by atoms with Crippen molar-refractivity contribution in [1.29, 1.82) is 0 Å². The smallest absolute Gasteiger partial charge is 0.261 e. The van der Waals surface area contributed by atoms with Crippen molar-refractivity contribution in [3.8, 4) is 16.9 Å². The molecule has 2 N–H and O–H groups in total. The molecule has 0 bridgehead atoms. The molecule has 2 heterocycles. The Labute approximate surface area is 173 Å². The summed E-state index contributed by atoms with van der Waals surface area (Å²) in [7, 11) is 0. The van der Waals surface area contributed by atoms with Gasteiger partial charge >= 0.3 is 0 Å². The third kappa shape index (κ3) is 4.66. The number of benzene rings is 2. The Bertz CT molecular complexity index is 1040. The second kappa shape index (κ2) is 8.49. The van der Waals surface area contributed by atoms with Gasteiger partial charge in [-0.05, 0) is 46.5 Å². The van der Waals surface area contributed by atoms with E-state index >= 15 is 0 Å². The first-order valence-electron chi connectivity index (χ1n) is 9.55. The van der Waals surface area contributed by atoms with E-state index in [1.807, 2.05) is 24.3 Å². The topological polar surface area (TPSA) is 67.4 Å². The van der Waals surface area contributed by atoms with E-state index in [1.54, 1.807) is 6.07 Å². The zero-order valence-corrected chi connectivity index (χ0v) is 17.0. The first-order chi connectivity index (χ1) is 14.1. The molecule has 6 heteroatoms. The van der Waals surface area contributed by atoms with Crippen molar-refractivity contribution in [2.75, 3.05) is 6.61 Å². The van der Waals surface area contributed by atoms with Crippen LogP contribution in [0.1, 0.15) is 32.6 Å². The zero-order chi connectivity index (χ0) is 20.2. The van der Waals surface area contributed by atoms with Crippen LogP contribution in [0.5, 0.6) is 5.75 Å². The molecule has 1 aromatic heterocycles. The van der Waals surface area contributed by atoms with E-state index in [-0.39, 0.29) is 11.8 Å². The van der Waals surface area contributed by atoms with Crippen molar-refractivity contribution in [2.24, 2.45) is 0 Å². The standard InChI is InChI=1S/C23H22N2O3S/c1-15(26)24-14-20-7-9-22(29-20)23(27)25-13-16-2-4-17(5-3-16)18-6-8-21-19(12-18)10-11-28-21/h2-9,12H,10-11,13-14H2,1H3,(H,24,26)(H,25,27). The average molecular weight is 407 g/mol. The molecule has 2 amide bonds. The Morgan fingerprint density at radius 2 is 1.76 bits per heavy atom. The second-order valence-corrected chi connectivity index (χ2v) is 8.14. The van der Waals surface area contributed by atoms with Crippen LogP contribution in [0.3, 0.4) is 0 Å². The lowest BCUT2D eigenvalue weighted by atomic mass is 10.0. The van der Waals surface area contributed by atoms with Crippen LogP contribution in [0.15, 0.2) is 54.6 Å². The summed E-state index contributed by atoms with van der Waals surface area (Å²) < 4.78 is 5.57. The fourth-order valence-corrected chi connectivity index (χ4v) is 4.12. The maximum atomic E-state index is 12.4. The van der Waals surface area contributed by atoms with E-state index in [0.717, 1.165) is 34.8 Å². The van der Waals surface area contributed by atoms with Gasteiger partial charge in [-0.15, -0.1) is 11.3 Å². The van der Waals surface area contributed by atoms with Gasteiger partial charge in [-0.1, -0.05) is 30.3 Å². The predicted molar refractivity (Wildman–Crippen MR) is 114 cm³/mol. The highest BCUT2D eigenvalue weighted by atomic mass is 32.1. The minimum Gasteiger partial charge on any atom is -0.493 e. The minimum absolute atomic E-state index is 0.0823. The van der Waals surface area contributed by atoms with E-state index in [0.29, 0.717) is 18.0 Å². The molecule has 0 radical (unpaired) electrons. The third-order valence-electron chi connectivity index (χ3n) is 4.83. The van der Waals surface area contributed by atoms with Crippen molar-refractivity contribution in [2.45, 2.75) is 26.4 Å². The molecule has 5 nitrogen and oxygen atoms in total. The second-order valence-electron chi connectivity index (χ2n) is 6.98. The largest absolute Gasteiger partial charge is 0.493 e. The highest BCUT2D eigenvalue weighted by Gasteiger charge is 2.13. The molecule has 3 aromatic rings. The summed E-state index contributed by atoms with van der Waals surface area (Å²) in [5.74, 6) is 0.801. The van der Waals surface area contributed by atoms with Crippen molar-refractivity contribution >= 4 is 23.2 Å². The number of rotatable bonds is 6. The molecule has 0 unspecified atom stereocenters. The van der Waals surface area contributed by atoms with E-state index in [2.05, 4.69) is 34.9 Å². The van der Waals surface area contributed by atoms with E-state index in [4.69, 9.17) is 4.74 Å². The normalized spacial score (nSPS) is 12.2. The van der Waals surface area contributed by atoms with Gasteiger partial charge in [-0.2, -0.15) is 0 Å². The number of nitrogens with one attached hydrogen (secondary N) is 2. The van der Waals surface area contributed by atoms with Gasteiger partial charge in [0.25, 0.3) is 5.91 Å². The van der Waals surface area contributed by atoms with Gasteiger partial charge in [0, 0.05) is 24.8 Å². The lowest BCUT2D eigenvalue weighted by Crippen LogP contribution is -2.21. The first-order valence-corrected chi connectivity index (χ1v) is 10.4. The molecule has 148 valence electrons. The molecule has 0 spiro atoms. The van der Waals surface area contributed by atoms with Crippen LogP contribution in [-0.2, 0) is 24.3 Å². The number of carbonyl (C=O) groups excluding carboxylic acids is 2. The van der Waals surface area contributed by atoms with Crippen molar-refractivity contribution < 1.29 is 14.3 Å². The Morgan fingerprint density at radius 3 is 2.55 bits per heavy atom. The molecule has 4 rings (SSSR count). The van der Waals surface area contributed by atoms with Crippen LogP contribution in [0, 0.1) is 0 Å². The van der Waals surface area contributed by atoms with Crippen LogP contribution < -0.4 is 15.4 Å². The maximum absolute atomic E-state index is 12.4. The van der Waals surface area contributed by atoms with Crippen LogP contribution >= 0.6 is 11.3 Å². The predicted octanol–water partition coefficient (Wildman–Crippen LogP) is 3.92. The quantitative estimate of drug-likeness (QED) is 0.652. The first kappa shape index (κ1) is 19.2. The molecule has 2 aromatic carbocycles. The van der Waals surface area contributed by atoms with E-state index in [9.17, 15) is 9.59 Å². The van der Waals surface area contributed by atoms with E-state index in [1.165, 1.54) is 29.4 Å². The molecule has 29 heavy (non-hydrogen) atoms. The summed E-state index contributed by atoms with van der Waals surface area (Å²) in [6, 6.07) is 18.2. The summed E-state index contributed by atoms with van der Waals surface area (Å²) in [4.78, 5) is 25.0. The molecular formula is C23H22N2O3S. The molecular weight excluding hydrogens is 384 g/mol. The number of hydrogen-bond donors (Lipinski definition) is 2. The van der Waals surface area contributed by atoms with Gasteiger partial charge in [-0.3, -0.25) is 9.59 Å². The van der Waals surface area contributed by atoms with E-state index < -0.39 is 0 Å². The van der Waals surface area contributed by atoms with Gasteiger partial charge in [-0.25, -0.2) is 0 Å². The Balaban J connectivity index is 1.34. The summed E-state index contributed by atoms with van der Waals surface area (Å²) >= 11 is 1.39. The molecule has 0 saturated carbocycles. The highest BCUT2D eigenvalue weighted by molar-refractivity contribution is 7.14. The Morgan fingerprint density at radius 1 is 0.966 bits per heavy atom. The molecule has 1 aliphatic rings. The van der Waals surface area contributed by atoms with Crippen molar-refractivity contribution in [3.05, 3.63) is 75.5 Å². The van der Waals surface area contributed by atoms with Gasteiger partial charge < -0.3 is 15.4 Å². The number of fused-ring (bicyclic) bond motifs is 1. The minimum atomic E-state index is -0.105. The SMILES string of the molecule is CC(=O)NCc1ccc(C(=O)NCc2ccc(-c3ccc4c(c3)CCO4)cc2)s1. The molecule has 1 aliphatic heterocycles. The zero-order valence-electron chi connectivity index (χ0n) is 16.2. The molecule has 0 saturated heterocycles. The van der Waals surface area contributed by atoms with Crippen molar-refractivity contribution in [3.63, 3.8) is 0 Å². The van der Waals surface area contributed by atoms with Crippen LogP contribution in [0.2, 0.25) is 0 Å². The van der Waals surface area contributed by atoms with Gasteiger partial charge in [0.1, 0.15) is 5.75 Å². The van der Waals surface area contributed by atoms with Gasteiger partial charge in [0.15, 0.2) is 0 Å². The third-order valence-corrected chi connectivity index (χ3v) is 5.91. The maximum Gasteiger partial charge on any atom is 0.261 e. The van der Waals surface area contributed by atoms with Crippen molar-refractivity contribution in [1.82, 2.24) is 10.6 Å². The number of ether oxygens (including phenoxy) is 1. The number of hydrogen-bond acceptors (Lipinski definition) is 4. The molecule has 0 atom stereocenters. The molecule has 0 fully saturated rings. The summed E-state index contributed by atoms with van der Waals surface area (Å²) in [5, 5.41) is 5.69. The fraction of sp³-hybridized carbons (Fsp3) is 0.217. The monoisotopic (exact) mass is 406 g/mol. The molecule has 0 aliphatic carbocycles. The van der Waals surface area contributed by atoms with Crippen LogP contribution in [0.25, 0.3) is 11.1 Å². The summed E-state index contributed by atoms with van der Waals surface area (Å²) in [5.41, 5.74) is 4.63. The Kier molecular flexibility index (Phi) is 5.62. The lowest BCUT2D eigenvalue weighted by Gasteiger charge is -2.07. The van der Waals surface area contributed by atoms with Gasteiger partial charge in [0.05, 0.1) is 18.0 Å². The summed E-state index contributed by atoms with van der Waals surface area (Å²) in [6.45, 7) is 3.15. The van der Waals surface area contributed by atoms with Crippen LogP contribution in [-0.4, -0.2) is 18.4 Å². The number of carbonyl (C=O) groups is 2. The highest BCUT2D eigenvalue weighted by Crippen LogP contribution is 2.30. The Hall–Kier alpha value is -3.12. The lowest BCUT2D eigenvalue weighted by molar-refractivity contribution is -0.119. The number of amides is 2. The number of thiophene rings is 1. The fourth-order valence-electron chi connectivity index (χ4n) is 3.26. The van der Waals surface area contributed by atoms with Crippen LogP contribution in [0.4, 0.5) is 0 Å². The summed E-state index contributed by atoms with van der Waals surface area (Å²) in [6.07, 6.45) is 0.961. The average Bonchev–Trinajstić information content (AvgIpc) is 3.39.